The van der Waals surface area contributed by atoms with Gasteiger partial charge in [0, 0.05) is 23.1 Å². The lowest BCUT2D eigenvalue weighted by Gasteiger charge is -2.45. The average molecular weight is 370 g/mol. The summed E-state index contributed by atoms with van der Waals surface area (Å²) in [6.45, 7) is 3.62. The van der Waals surface area contributed by atoms with Gasteiger partial charge in [-0.25, -0.2) is 0 Å². The van der Waals surface area contributed by atoms with Crippen LogP contribution in [0.3, 0.4) is 0 Å². The number of nitrogens with zero attached hydrogens (tertiary/aromatic N) is 1. The van der Waals surface area contributed by atoms with Crippen LogP contribution in [0, 0.1) is 5.92 Å². The van der Waals surface area contributed by atoms with Crippen LogP contribution in [0.4, 0.5) is 0 Å². The Balaban J connectivity index is 1.64. The predicted molar refractivity (Wildman–Crippen MR) is 99.6 cm³/mol. The molecule has 0 unspecified atom stereocenters. The highest BCUT2D eigenvalue weighted by Gasteiger charge is 2.34. The van der Waals surface area contributed by atoms with E-state index >= 15 is 0 Å². The summed E-state index contributed by atoms with van der Waals surface area (Å²) in [5, 5.41) is 0. The van der Waals surface area contributed by atoms with Crippen molar-refractivity contribution in [3.63, 3.8) is 0 Å². The Hall–Kier alpha value is -1.12. The van der Waals surface area contributed by atoms with Gasteiger partial charge in [0.15, 0.2) is 0 Å². The molecule has 0 saturated carbocycles. The van der Waals surface area contributed by atoms with Gasteiger partial charge in [-0.2, -0.15) is 0 Å². The summed E-state index contributed by atoms with van der Waals surface area (Å²) in [5.74, 6) is 0.808. The van der Waals surface area contributed by atoms with Gasteiger partial charge in [0.2, 0.25) is 0 Å². The second-order valence-corrected chi connectivity index (χ2v) is 8.12. The molecule has 1 aliphatic carbocycles. The number of fused-ring (bicyclic) bond motifs is 2. The lowest BCUT2D eigenvalue weighted by atomic mass is 9.79. The topological polar surface area (TPSA) is 3.24 Å². The summed E-state index contributed by atoms with van der Waals surface area (Å²) in [7, 11) is 0. The standard InChI is InChI=1S/C21H24BrN/c1-15(17-7-4-8-20(22)12-17)23-14-16-9-10-21(23)13-19-6-3-2-5-18(19)11-16/h2-8,12,15-16,21H,9-11,13-14H2,1H3/t15-,16+,21-/m1/s1. The van der Waals surface area contributed by atoms with E-state index in [1.165, 1.54) is 42.3 Å². The normalized spacial score (nSPS) is 25.5. The maximum Gasteiger partial charge on any atom is 0.0323 e. The number of halogens is 1. The first kappa shape index (κ1) is 15.4. The number of benzene rings is 2. The molecule has 0 spiro atoms. The third-order valence-electron chi connectivity index (χ3n) is 5.76. The van der Waals surface area contributed by atoms with E-state index in [2.05, 4.69) is 76.3 Å². The van der Waals surface area contributed by atoms with Crippen LogP contribution >= 0.6 is 15.9 Å². The fourth-order valence-electron chi connectivity index (χ4n) is 4.47. The van der Waals surface area contributed by atoms with Crippen LogP contribution in [0.15, 0.2) is 53.0 Å². The molecule has 2 bridgehead atoms. The first-order chi connectivity index (χ1) is 11.2. The van der Waals surface area contributed by atoms with Gasteiger partial charge in [-0.15, -0.1) is 0 Å². The van der Waals surface area contributed by atoms with Crippen molar-refractivity contribution in [1.82, 2.24) is 4.90 Å². The maximum atomic E-state index is 3.63. The number of hydrogen-bond donors (Lipinski definition) is 0. The third kappa shape index (κ3) is 3.12. The zero-order valence-electron chi connectivity index (χ0n) is 13.7. The lowest BCUT2D eigenvalue weighted by Crippen LogP contribution is -2.47. The van der Waals surface area contributed by atoms with Crippen LogP contribution < -0.4 is 0 Å². The van der Waals surface area contributed by atoms with E-state index in [1.54, 1.807) is 11.1 Å². The summed E-state index contributed by atoms with van der Waals surface area (Å²) in [5.41, 5.74) is 4.60. The molecule has 0 amide bonds. The summed E-state index contributed by atoms with van der Waals surface area (Å²) >= 11 is 3.63. The van der Waals surface area contributed by atoms with Crippen LogP contribution in [0.1, 0.15) is 42.5 Å². The molecule has 120 valence electrons. The van der Waals surface area contributed by atoms with Gasteiger partial charge in [0.05, 0.1) is 0 Å². The molecule has 1 nitrogen and oxygen atoms in total. The van der Waals surface area contributed by atoms with Crippen LogP contribution in [0.5, 0.6) is 0 Å². The van der Waals surface area contributed by atoms with Crippen molar-refractivity contribution < 1.29 is 0 Å². The highest BCUT2D eigenvalue weighted by molar-refractivity contribution is 9.10. The van der Waals surface area contributed by atoms with Gasteiger partial charge in [-0.3, -0.25) is 4.90 Å². The lowest BCUT2D eigenvalue weighted by molar-refractivity contribution is 0.0642. The first-order valence-electron chi connectivity index (χ1n) is 8.78. The Bertz CT molecular complexity index is 696. The second-order valence-electron chi connectivity index (χ2n) is 7.20. The molecular weight excluding hydrogens is 346 g/mol. The van der Waals surface area contributed by atoms with Crippen molar-refractivity contribution in [2.45, 2.75) is 44.7 Å². The number of hydrogen-bond acceptors (Lipinski definition) is 1. The maximum absolute atomic E-state index is 3.63. The van der Waals surface area contributed by atoms with Crippen molar-refractivity contribution in [3.8, 4) is 0 Å². The summed E-state index contributed by atoms with van der Waals surface area (Å²) in [6.07, 6.45) is 5.20. The van der Waals surface area contributed by atoms with Crippen molar-refractivity contribution in [1.29, 1.82) is 0 Å². The fraction of sp³-hybridized carbons (Fsp3) is 0.429. The molecule has 23 heavy (non-hydrogen) atoms. The van der Waals surface area contributed by atoms with E-state index in [-0.39, 0.29) is 0 Å². The zero-order valence-corrected chi connectivity index (χ0v) is 15.3. The molecule has 2 aliphatic heterocycles. The van der Waals surface area contributed by atoms with Crippen LogP contribution in [0.2, 0.25) is 0 Å². The Kier molecular flexibility index (Phi) is 4.29. The summed E-state index contributed by atoms with van der Waals surface area (Å²) < 4.78 is 1.18. The van der Waals surface area contributed by atoms with Crippen molar-refractivity contribution >= 4 is 15.9 Å². The Morgan fingerprint density at radius 3 is 2.57 bits per heavy atom. The van der Waals surface area contributed by atoms with Crippen LogP contribution in [-0.2, 0) is 12.8 Å². The van der Waals surface area contributed by atoms with E-state index in [4.69, 9.17) is 0 Å². The molecular formula is C21H24BrN. The summed E-state index contributed by atoms with van der Waals surface area (Å²) in [6, 6.07) is 19.1. The fourth-order valence-corrected chi connectivity index (χ4v) is 4.89. The van der Waals surface area contributed by atoms with Crippen molar-refractivity contribution in [3.05, 3.63) is 69.7 Å². The molecule has 1 saturated heterocycles. The average Bonchev–Trinajstić information content (AvgIpc) is 2.54. The van der Waals surface area contributed by atoms with E-state index in [9.17, 15) is 0 Å². The molecule has 0 aromatic heterocycles. The zero-order chi connectivity index (χ0) is 15.8. The number of piperidine rings is 1. The molecule has 0 N–H and O–H groups in total. The minimum absolute atomic E-state index is 0.491. The number of rotatable bonds is 2. The largest absolute Gasteiger partial charge is 0.293 e. The van der Waals surface area contributed by atoms with Gasteiger partial charge in [-0.1, -0.05) is 52.3 Å². The van der Waals surface area contributed by atoms with Crippen LogP contribution in [-0.4, -0.2) is 17.5 Å². The third-order valence-corrected chi connectivity index (χ3v) is 6.25. The minimum Gasteiger partial charge on any atom is -0.293 e. The Labute approximate surface area is 147 Å². The van der Waals surface area contributed by atoms with E-state index in [0.717, 1.165) is 5.92 Å². The van der Waals surface area contributed by atoms with E-state index in [0.29, 0.717) is 12.1 Å². The van der Waals surface area contributed by atoms with Crippen molar-refractivity contribution in [2.75, 3.05) is 6.54 Å². The molecule has 3 aliphatic rings. The molecule has 5 rings (SSSR count). The molecule has 2 heterocycles. The Morgan fingerprint density at radius 1 is 1.00 bits per heavy atom. The molecule has 1 fully saturated rings. The molecule has 2 heteroatoms. The SMILES string of the molecule is C[C@H](c1cccc(Br)c1)N1C[C@H]2CC[C@@H]1Cc1ccccc1C2. The molecule has 2 aromatic carbocycles. The quantitative estimate of drug-likeness (QED) is 0.685. The Morgan fingerprint density at radius 2 is 1.78 bits per heavy atom. The highest BCUT2D eigenvalue weighted by Crippen LogP contribution is 2.37. The predicted octanol–water partition coefficient (Wildman–Crippen LogP) is 5.39. The monoisotopic (exact) mass is 369 g/mol. The van der Waals surface area contributed by atoms with Crippen LogP contribution in [0.25, 0.3) is 0 Å². The van der Waals surface area contributed by atoms with Gasteiger partial charge in [0.1, 0.15) is 0 Å². The molecule has 3 atom stereocenters. The van der Waals surface area contributed by atoms with Gasteiger partial charge in [-0.05, 0) is 67.3 Å². The van der Waals surface area contributed by atoms with E-state index in [1.807, 2.05) is 0 Å². The molecule has 2 aromatic rings. The van der Waals surface area contributed by atoms with E-state index < -0.39 is 0 Å². The van der Waals surface area contributed by atoms with Gasteiger partial charge < -0.3 is 0 Å². The minimum atomic E-state index is 0.491. The second kappa shape index (κ2) is 6.41. The van der Waals surface area contributed by atoms with Crippen molar-refractivity contribution in [2.24, 2.45) is 5.92 Å². The first-order valence-corrected chi connectivity index (χ1v) is 9.58. The van der Waals surface area contributed by atoms with Gasteiger partial charge in [0.25, 0.3) is 0 Å². The molecule has 0 radical (unpaired) electrons. The highest BCUT2D eigenvalue weighted by atomic mass is 79.9. The smallest absolute Gasteiger partial charge is 0.0323 e. The van der Waals surface area contributed by atoms with Gasteiger partial charge >= 0.3 is 0 Å². The summed E-state index contributed by atoms with van der Waals surface area (Å²) in [4.78, 5) is 2.77.